The Kier molecular flexibility index (Phi) is 7.71. The number of thioether (sulfide) groups is 1. The van der Waals surface area contributed by atoms with Gasteiger partial charge in [0.05, 0.1) is 6.04 Å². The van der Waals surface area contributed by atoms with Crippen LogP contribution in [-0.4, -0.2) is 37.8 Å². The molecule has 1 aromatic heterocycles. The maximum Gasteiger partial charge on any atom is 0.192 e. The van der Waals surface area contributed by atoms with Crippen LogP contribution in [0.4, 0.5) is 0 Å². The van der Waals surface area contributed by atoms with E-state index >= 15 is 0 Å². The number of aryl methyl sites for hydroxylation is 1. The molecule has 0 bridgehead atoms. The molecule has 0 radical (unpaired) electrons. The van der Waals surface area contributed by atoms with Crippen molar-refractivity contribution in [2.24, 2.45) is 12.0 Å². The first-order chi connectivity index (χ1) is 12.8. The molecule has 1 unspecified atom stereocenters. The van der Waals surface area contributed by atoms with E-state index in [1.54, 1.807) is 0 Å². The zero-order chi connectivity index (χ0) is 19.9. The molecule has 0 fully saturated rings. The van der Waals surface area contributed by atoms with E-state index in [-0.39, 0.29) is 10.8 Å². The smallest absolute Gasteiger partial charge is 0.192 e. The van der Waals surface area contributed by atoms with E-state index in [1.165, 1.54) is 5.56 Å². The van der Waals surface area contributed by atoms with Gasteiger partial charge in [0.25, 0.3) is 0 Å². The first-order valence-electron chi connectivity index (χ1n) is 9.35. The van der Waals surface area contributed by atoms with Gasteiger partial charge in [0.1, 0.15) is 12.4 Å². The Hall–Kier alpha value is -2.02. The molecule has 2 aromatic rings. The number of aromatic nitrogens is 3. The largest absolute Gasteiger partial charge is 0.356 e. The van der Waals surface area contributed by atoms with Crippen LogP contribution in [0.25, 0.3) is 0 Å². The lowest BCUT2D eigenvalue weighted by molar-refractivity contribution is 0.681. The predicted molar refractivity (Wildman–Crippen MR) is 115 cm³/mol. The lowest BCUT2D eigenvalue weighted by Crippen LogP contribution is -2.40. The Morgan fingerprint density at radius 1 is 1.22 bits per heavy atom. The molecule has 7 heteroatoms. The SMILES string of the molecule is Cc1nnc(CN=C(NCCSC(C)(C)C)NC(C)c2ccccc2)n1C. The number of hydrogen-bond acceptors (Lipinski definition) is 4. The van der Waals surface area contributed by atoms with E-state index in [0.29, 0.717) is 6.54 Å². The van der Waals surface area contributed by atoms with Crippen molar-refractivity contribution in [1.82, 2.24) is 25.4 Å². The molecule has 0 aliphatic heterocycles. The first kappa shape index (κ1) is 21.3. The summed E-state index contributed by atoms with van der Waals surface area (Å²) in [7, 11) is 1.97. The summed E-state index contributed by atoms with van der Waals surface area (Å²) in [6.45, 7) is 12.1. The van der Waals surface area contributed by atoms with Crippen molar-refractivity contribution < 1.29 is 0 Å². The third-order valence-electron chi connectivity index (χ3n) is 4.14. The minimum Gasteiger partial charge on any atom is -0.356 e. The van der Waals surface area contributed by atoms with Crippen LogP contribution in [-0.2, 0) is 13.6 Å². The Bertz CT molecular complexity index is 733. The molecule has 2 N–H and O–H groups in total. The van der Waals surface area contributed by atoms with Crippen LogP contribution >= 0.6 is 11.8 Å². The number of nitrogens with zero attached hydrogens (tertiary/aromatic N) is 4. The lowest BCUT2D eigenvalue weighted by Gasteiger charge is -2.20. The number of guanidine groups is 1. The van der Waals surface area contributed by atoms with Gasteiger partial charge in [-0.05, 0) is 19.4 Å². The summed E-state index contributed by atoms with van der Waals surface area (Å²) in [5.41, 5.74) is 1.23. The van der Waals surface area contributed by atoms with Gasteiger partial charge in [0.2, 0.25) is 0 Å². The van der Waals surface area contributed by atoms with E-state index in [2.05, 4.69) is 72.8 Å². The van der Waals surface area contributed by atoms with Gasteiger partial charge in [0.15, 0.2) is 11.8 Å². The van der Waals surface area contributed by atoms with Crippen molar-refractivity contribution in [2.45, 2.75) is 52.0 Å². The number of benzene rings is 1. The third-order valence-corrected chi connectivity index (χ3v) is 5.42. The molecule has 0 amide bonds. The summed E-state index contributed by atoms with van der Waals surface area (Å²) in [4.78, 5) is 4.73. The minimum absolute atomic E-state index is 0.161. The van der Waals surface area contributed by atoms with Gasteiger partial charge in [-0.25, -0.2) is 4.99 Å². The Morgan fingerprint density at radius 3 is 2.52 bits per heavy atom. The monoisotopic (exact) mass is 388 g/mol. The van der Waals surface area contributed by atoms with Gasteiger partial charge in [-0.3, -0.25) is 0 Å². The molecular formula is C20H32N6S. The molecule has 1 atom stereocenters. The van der Waals surface area contributed by atoms with Gasteiger partial charge < -0.3 is 15.2 Å². The number of aliphatic imine (C=N–C) groups is 1. The van der Waals surface area contributed by atoms with Gasteiger partial charge in [-0.1, -0.05) is 51.1 Å². The Morgan fingerprint density at radius 2 is 1.93 bits per heavy atom. The molecule has 2 rings (SSSR count). The highest BCUT2D eigenvalue weighted by molar-refractivity contribution is 8.00. The van der Waals surface area contributed by atoms with Gasteiger partial charge in [-0.15, -0.1) is 10.2 Å². The normalized spacial score (nSPS) is 13.5. The van der Waals surface area contributed by atoms with Crippen LogP contribution in [0.2, 0.25) is 0 Å². The van der Waals surface area contributed by atoms with Crippen molar-refractivity contribution >= 4 is 17.7 Å². The molecule has 6 nitrogen and oxygen atoms in total. The maximum atomic E-state index is 4.73. The molecule has 27 heavy (non-hydrogen) atoms. The number of rotatable bonds is 7. The molecule has 148 valence electrons. The average molecular weight is 389 g/mol. The highest BCUT2D eigenvalue weighted by Crippen LogP contribution is 2.22. The average Bonchev–Trinajstić information content (AvgIpc) is 2.94. The summed E-state index contributed by atoms with van der Waals surface area (Å²) in [5.74, 6) is 3.56. The van der Waals surface area contributed by atoms with Gasteiger partial charge >= 0.3 is 0 Å². The highest BCUT2D eigenvalue weighted by atomic mass is 32.2. The zero-order valence-corrected chi connectivity index (χ0v) is 18.1. The Labute approximate surface area is 167 Å². The van der Waals surface area contributed by atoms with Crippen molar-refractivity contribution in [3.8, 4) is 0 Å². The lowest BCUT2D eigenvalue weighted by atomic mass is 10.1. The quantitative estimate of drug-likeness (QED) is 0.432. The standard InChI is InChI=1S/C20H32N6S/c1-15(17-10-8-7-9-11-17)23-19(21-12-13-27-20(3,4)5)22-14-18-25-24-16(2)26(18)6/h7-11,15H,12-14H2,1-6H3,(H2,21,22,23). The second kappa shape index (κ2) is 9.78. The fourth-order valence-electron chi connectivity index (χ4n) is 2.45. The molecule has 0 saturated heterocycles. The zero-order valence-electron chi connectivity index (χ0n) is 17.3. The van der Waals surface area contributed by atoms with E-state index in [9.17, 15) is 0 Å². The first-order valence-corrected chi connectivity index (χ1v) is 10.3. The van der Waals surface area contributed by atoms with Crippen LogP contribution in [0.3, 0.4) is 0 Å². The molecule has 0 spiro atoms. The van der Waals surface area contributed by atoms with Gasteiger partial charge in [-0.2, -0.15) is 11.8 Å². The van der Waals surface area contributed by atoms with E-state index in [1.807, 2.05) is 36.4 Å². The summed E-state index contributed by atoms with van der Waals surface area (Å²) in [6.07, 6.45) is 0. The van der Waals surface area contributed by atoms with Crippen molar-refractivity contribution in [3.05, 3.63) is 47.5 Å². The van der Waals surface area contributed by atoms with Crippen molar-refractivity contribution in [3.63, 3.8) is 0 Å². The summed E-state index contributed by atoms with van der Waals surface area (Å²) < 4.78 is 2.23. The molecule has 0 aliphatic rings. The second-order valence-electron chi connectivity index (χ2n) is 7.55. The van der Waals surface area contributed by atoms with E-state index in [0.717, 1.165) is 29.9 Å². The minimum atomic E-state index is 0.161. The summed E-state index contributed by atoms with van der Waals surface area (Å²) in [6, 6.07) is 10.5. The third kappa shape index (κ3) is 7.25. The van der Waals surface area contributed by atoms with E-state index in [4.69, 9.17) is 4.99 Å². The second-order valence-corrected chi connectivity index (χ2v) is 9.47. The topological polar surface area (TPSA) is 67.1 Å². The van der Waals surface area contributed by atoms with Gasteiger partial charge in [0, 0.05) is 24.1 Å². The van der Waals surface area contributed by atoms with Crippen LogP contribution in [0.1, 0.15) is 50.9 Å². The number of hydrogen-bond donors (Lipinski definition) is 2. The van der Waals surface area contributed by atoms with Crippen LogP contribution in [0.15, 0.2) is 35.3 Å². The van der Waals surface area contributed by atoms with Crippen LogP contribution in [0, 0.1) is 6.92 Å². The number of nitrogens with one attached hydrogen (secondary N) is 2. The predicted octanol–water partition coefficient (Wildman–Crippen LogP) is 3.45. The molecule has 1 aromatic carbocycles. The molecule has 0 aliphatic carbocycles. The maximum absolute atomic E-state index is 4.73. The Balaban J connectivity index is 2.02. The van der Waals surface area contributed by atoms with Crippen molar-refractivity contribution in [1.29, 1.82) is 0 Å². The summed E-state index contributed by atoms with van der Waals surface area (Å²) >= 11 is 1.94. The van der Waals surface area contributed by atoms with E-state index < -0.39 is 0 Å². The summed E-state index contributed by atoms with van der Waals surface area (Å²) in [5, 5.41) is 15.3. The molecule has 1 heterocycles. The molecular weight excluding hydrogens is 356 g/mol. The fourth-order valence-corrected chi connectivity index (χ4v) is 3.26. The molecule has 0 saturated carbocycles. The highest BCUT2D eigenvalue weighted by Gasteiger charge is 2.12. The fraction of sp³-hybridized carbons (Fsp3) is 0.550. The van der Waals surface area contributed by atoms with Crippen LogP contribution in [0.5, 0.6) is 0 Å². The van der Waals surface area contributed by atoms with Crippen LogP contribution < -0.4 is 10.6 Å². The van der Waals surface area contributed by atoms with Crippen molar-refractivity contribution in [2.75, 3.05) is 12.3 Å².